The van der Waals surface area contributed by atoms with Crippen molar-refractivity contribution in [3.8, 4) is 0 Å². The van der Waals surface area contributed by atoms with Crippen LogP contribution in [0.25, 0.3) is 0 Å². The zero-order chi connectivity index (χ0) is 17.0. The molecule has 0 aliphatic carbocycles. The number of nitrogens with one attached hydrogen (secondary N) is 1. The Labute approximate surface area is 134 Å². The first kappa shape index (κ1) is 17.3. The molecule has 0 heterocycles. The molecule has 0 amide bonds. The van der Waals surface area contributed by atoms with Crippen LogP contribution in [0, 0.1) is 0 Å². The predicted molar refractivity (Wildman–Crippen MR) is 87.6 cm³/mol. The van der Waals surface area contributed by atoms with Crippen molar-refractivity contribution in [3.05, 3.63) is 65.7 Å². The van der Waals surface area contributed by atoms with Crippen molar-refractivity contribution >= 4 is 5.69 Å². The fourth-order valence-corrected chi connectivity index (χ4v) is 2.43. The molecule has 2 nitrogen and oxygen atoms in total. The maximum atomic E-state index is 13.5. The number of alkyl halides is 3. The van der Waals surface area contributed by atoms with Crippen LogP contribution in [0.15, 0.2) is 54.6 Å². The third-order valence-corrected chi connectivity index (χ3v) is 3.79. The second kappa shape index (κ2) is 7.04. The number of benzene rings is 2. The van der Waals surface area contributed by atoms with Crippen molar-refractivity contribution in [2.24, 2.45) is 0 Å². The quantitative estimate of drug-likeness (QED) is 0.858. The van der Waals surface area contributed by atoms with E-state index in [0.717, 1.165) is 11.3 Å². The minimum atomic E-state index is -4.36. The van der Waals surface area contributed by atoms with Crippen molar-refractivity contribution in [2.75, 3.05) is 19.0 Å². The van der Waals surface area contributed by atoms with Gasteiger partial charge in [-0.2, -0.15) is 13.2 Å². The average molecular weight is 322 g/mol. The summed E-state index contributed by atoms with van der Waals surface area (Å²) in [5, 5.41) is 2.70. The van der Waals surface area contributed by atoms with Crippen molar-refractivity contribution < 1.29 is 13.2 Å². The maximum absolute atomic E-state index is 13.5. The van der Waals surface area contributed by atoms with Crippen LogP contribution in [0.1, 0.15) is 30.1 Å². The summed E-state index contributed by atoms with van der Waals surface area (Å²) in [6.07, 6.45) is -4.36. The lowest BCUT2D eigenvalue weighted by Gasteiger charge is -2.26. The maximum Gasteiger partial charge on any atom is 0.407 e. The van der Waals surface area contributed by atoms with Crippen molar-refractivity contribution in [2.45, 2.75) is 25.2 Å². The van der Waals surface area contributed by atoms with Crippen LogP contribution in [0.2, 0.25) is 0 Å². The van der Waals surface area contributed by atoms with Gasteiger partial charge in [0.1, 0.15) is 6.04 Å². The largest absolute Gasteiger partial charge is 0.407 e. The first-order valence-electron chi connectivity index (χ1n) is 7.44. The molecule has 2 rings (SSSR count). The van der Waals surface area contributed by atoms with Gasteiger partial charge >= 0.3 is 6.18 Å². The highest BCUT2D eigenvalue weighted by molar-refractivity contribution is 5.46. The fourth-order valence-electron chi connectivity index (χ4n) is 2.43. The van der Waals surface area contributed by atoms with E-state index in [1.807, 2.05) is 49.3 Å². The molecule has 1 unspecified atom stereocenters. The molecular formula is C18H21F3N2. The Kier molecular flexibility index (Phi) is 5.31. The second-order valence-corrected chi connectivity index (χ2v) is 5.76. The lowest BCUT2D eigenvalue weighted by atomic mass is 10.0. The molecule has 0 bridgehead atoms. The van der Waals surface area contributed by atoms with Gasteiger partial charge in [-0.3, -0.25) is 5.32 Å². The number of hydrogen-bond donors (Lipinski definition) is 1. The van der Waals surface area contributed by atoms with Crippen molar-refractivity contribution in [1.82, 2.24) is 5.32 Å². The molecule has 2 atom stereocenters. The Hall–Kier alpha value is -2.01. The van der Waals surface area contributed by atoms with Gasteiger partial charge in [0.15, 0.2) is 0 Å². The zero-order valence-corrected chi connectivity index (χ0v) is 13.4. The lowest BCUT2D eigenvalue weighted by Crippen LogP contribution is -2.35. The summed E-state index contributed by atoms with van der Waals surface area (Å²) in [5.41, 5.74) is 1.91. The van der Waals surface area contributed by atoms with Crippen molar-refractivity contribution in [3.63, 3.8) is 0 Å². The van der Waals surface area contributed by atoms with E-state index in [0.29, 0.717) is 0 Å². The van der Waals surface area contributed by atoms with E-state index in [4.69, 9.17) is 0 Å². The molecular weight excluding hydrogens is 301 g/mol. The van der Waals surface area contributed by atoms with E-state index in [1.165, 1.54) is 12.1 Å². The number of halogens is 3. The Bertz CT molecular complexity index is 606. The zero-order valence-electron chi connectivity index (χ0n) is 13.4. The Morgan fingerprint density at radius 2 is 1.43 bits per heavy atom. The molecule has 0 aromatic heterocycles. The van der Waals surface area contributed by atoms with Gasteiger partial charge in [-0.1, -0.05) is 42.5 Å². The fraction of sp³-hybridized carbons (Fsp3) is 0.333. The molecule has 0 saturated heterocycles. The standard InChI is InChI=1S/C18H21F3N2/c1-13(14-7-5-4-6-8-14)22-17(18(19,20)21)15-9-11-16(12-10-15)23(2)3/h4-13,17,22H,1-3H3/t13-,17?/m0/s1. The Balaban J connectivity index is 2.24. The van der Waals surface area contributed by atoms with Crippen LogP contribution in [0.5, 0.6) is 0 Å². The summed E-state index contributed by atoms with van der Waals surface area (Å²) in [7, 11) is 3.71. The summed E-state index contributed by atoms with van der Waals surface area (Å²) in [6, 6.07) is 13.5. The van der Waals surface area contributed by atoms with Gasteiger partial charge in [-0.25, -0.2) is 0 Å². The highest BCUT2D eigenvalue weighted by Gasteiger charge is 2.41. The Morgan fingerprint density at radius 1 is 0.870 bits per heavy atom. The first-order chi connectivity index (χ1) is 10.8. The monoisotopic (exact) mass is 322 g/mol. The molecule has 0 radical (unpaired) electrons. The highest BCUT2D eigenvalue weighted by atomic mass is 19.4. The molecule has 0 aliphatic heterocycles. The molecule has 0 aliphatic rings. The minimum Gasteiger partial charge on any atom is -0.378 e. The number of nitrogens with zero attached hydrogens (tertiary/aromatic N) is 1. The van der Waals surface area contributed by atoms with Crippen LogP contribution in [0.4, 0.5) is 18.9 Å². The van der Waals surface area contributed by atoms with Gasteiger partial charge < -0.3 is 4.90 Å². The molecule has 1 N–H and O–H groups in total. The predicted octanol–water partition coefficient (Wildman–Crippen LogP) is 4.71. The molecule has 23 heavy (non-hydrogen) atoms. The minimum absolute atomic E-state index is 0.214. The normalized spacial score (nSPS) is 14.3. The summed E-state index contributed by atoms with van der Waals surface area (Å²) in [5.74, 6) is 0. The van der Waals surface area contributed by atoms with E-state index < -0.39 is 18.3 Å². The summed E-state index contributed by atoms with van der Waals surface area (Å²) < 4.78 is 40.4. The number of rotatable bonds is 5. The van der Waals surface area contributed by atoms with Gasteiger partial charge in [0.05, 0.1) is 0 Å². The molecule has 0 spiro atoms. The van der Waals surface area contributed by atoms with Gasteiger partial charge in [0.2, 0.25) is 0 Å². The van der Waals surface area contributed by atoms with E-state index in [-0.39, 0.29) is 5.56 Å². The SMILES string of the molecule is C[C@H](NC(c1ccc(N(C)C)cc1)C(F)(F)F)c1ccccc1. The van der Waals surface area contributed by atoms with Gasteiger partial charge in [-0.15, -0.1) is 0 Å². The van der Waals surface area contributed by atoms with E-state index in [2.05, 4.69) is 5.32 Å². The summed E-state index contributed by atoms with van der Waals surface area (Å²) in [4.78, 5) is 1.85. The van der Waals surface area contributed by atoms with Crippen molar-refractivity contribution in [1.29, 1.82) is 0 Å². The third-order valence-electron chi connectivity index (χ3n) is 3.79. The number of hydrogen-bond acceptors (Lipinski definition) is 2. The molecule has 2 aromatic carbocycles. The molecule has 2 aromatic rings. The first-order valence-corrected chi connectivity index (χ1v) is 7.44. The smallest absolute Gasteiger partial charge is 0.378 e. The van der Waals surface area contributed by atoms with Gasteiger partial charge in [0, 0.05) is 25.8 Å². The third kappa shape index (κ3) is 4.48. The van der Waals surface area contributed by atoms with Crippen LogP contribution >= 0.6 is 0 Å². The molecule has 5 heteroatoms. The second-order valence-electron chi connectivity index (χ2n) is 5.76. The van der Waals surface area contributed by atoms with E-state index >= 15 is 0 Å². The lowest BCUT2D eigenvalue weighted by molar-refractivity contribution is -0.159. The molecule has 124 valence electrons. The van der Waals surface area contributed by atoms with Crippen LogP contribution < -0.4 is 10.2 Å². The van der Waals surface area contributed by atoms with Crippen LogP contribution in [-0.2, 0) is 0 Å². The van der Waals surface area contributed by atoms with Crippen LogP contribution in [-0.4, -0.2) is 20.3 Å². The highest BCUT2D eigenvalue weighted by Crippen LogP contribution is 2.35. The van der Waals surface area contributed by atoms with Gasteiger partial charge in [0.25, 0.3) is 0 Å². The topological polar surface area (TPSA) is 15.3 Å². The molecule has 0 saturated carbocycles. The number of anilines is 1. The van der Waals surface area contributed by atoms with Gasteiger partial charge in [-0.05, 0) is 30.2 Å². The molecule has 0 fully saturated rings. The summed E-state index contributed by atoms with van der Waals surface area (Å²) >= 11 is 0. The Morgan fingerprint density at radius 3 is 1.91 bits per heavy atom. The van der Waals surface area contributed by atoms with E-state index in [1.54, 1.807) is 19.1 Å². The van der Waals surface area contributed by atoms with Crippen LogP contribution in [0.3, 0.4) is 0 Å². The van der Waals surface area contributed by atoms with E-state index in [9.17, 15) is 13.2 Å². The summed E-state index contributed by atoms with van der Waals surface area (Å²) in [6.45, 7) is 1.74. The average Bonchev–Trinajstić information content (AvgIpc) is 2.52.